The van der Waals surface area contributed by atoms with Crippen molar-refractivity contribution in [2.45, 2.75) is 0 Å². The smallest absolute Gasteiger partial charge is 0.338 e. The van der Waals surface area contributed by atoms with E-state index in [-0.39, 0.29) is 0 Å². The Morgan fingerprint density at radius 1 is 1.17 bits per heavy atom. The van der Waals surface area contributed by atoms with Crippen molar-refractivity contribution in [3.05, 3.63) is 54.1 Å². The van der Waals surface area contributed by atoms with E-state index in [1.165, 1.54) is 12.2 Å². The molecule has 0 saturated carbocycles. The summed E-state index contributed by atoms with van der Waals surface area (Å²) in [5, 5.41) is 0. The molecule has 1 atom stereocenters. The molecule has 1 heterocycles. The molecule has 0 spiro atoms. The van der Waals surface area contributed by atoms with Crippen LogP contribution >= 0.6 is 0 Å². The van der Waals surface area contributed by atoms with Gasteiger partial charge < -0.3 is 4.74 Å². The maximum atomic E-state index is 11.7. The van der Waals surface area contributed by atoms with Crippen molar-refractivity contribution in [3.63, 3.8) is 0 Å². The SMILES string of the molecule is O=C1C=CC(C(=O)/C=C/c2ccccc2)C(=O)O1. The van der Waals surface area contributed by atoms with Crippen LogP contribution in [0.1, 0.15) is 5.56 Å². The average Bonchev–Trinajstić information content (AvgIpc) is 2.37. The van der Waals surface area contributed by atoms with Crippen LogP contribution in [0.4, 0.5) is 0 Å². The molecule has 0 saturated heterocycles. The van der Waals surface area contributed by atoms with Gasteiger partial charge in [0, 0.05) is 6.08 Å². The lowest BCUT2D eigenvalue weighted by Gasteiger charge is -2.11. The lowest BCUT2D eigenvalue weighted by molar-refractivity contribution is -0.160. The molecule has 0 radical (unpaired) electrons. The third-order valence-corrected chi connectivity index (χ3v) is 2.43. The standard InChI is InChI=1S/C14H10O4/c15-12(8-6-10-4-2-1-3-5-10)11-7-9-13(16)18-14(11)17/h1-9,11H/b8-6+. The molecule has 4 nitrogen and oxygen atoms in total. The first kappa shape index (κ1) is 12.0. The number of rotatable bonds is 3. The second kappa shape index (κ2) is 5.23. The van der Waals surface area contributed by atoms with Crippen LogP contribution in [0, 0.1) is 5.92 Å². The molecule has 1 aliphatic heterocycles. The van der Waals surface area contributed by atoms with E-state index >= 15 is 0 Å². The highest BCUT2D eigenvalue weighted by molar-refractivity contribution is 6.12. The normalized spacial score (nSPS) is 19.0. The van der Waals surface area contributed by atoms with Gasteiger partial charge in [-0.25, -0.2) is 4.79 Å². The van der Waals surface area contributed by atoms with Crippen molar-refractivity contribution in [2.75, 3.05) is 0 Å². The molecular formula is C14H10O4. The number of ether oxygens (including phenoxy) is 1. The van der Waals surface area contributed by atoms with Crippen LogP contribution in [0.25, 0.3) is 6.08 Å². The second-order valence-electron chi connectivity index (χ2n) is 3.72. The highest BCUT2D eigenvalue weighted by Gasteiger charge is 2.28. The average molecular weight is 242 g/mol. The van der Waals surface area contributed by atoms with Gasteiger partial charge in [-0.2, -0.15) is 0 Å². The van der Waals surface area contributed by atoms with Crippen molar-refractivity contribution >= 4 is 23.8 Å². The molecule has 4 heteroatoms. The summed E-state index contributed by atoms with van der Waals surface area (Å²) >= 11 is 0. The van der Waals surface area contributed by atoms with E-state index in [0.717, 1.165) is 11.6 Å². The van der Waals surface area contributed by atoms with Gasteiger partial charge in [0.2, 0.25) is 0 Å². The number of esters is 2. The van der Waals surface area contributed by atoms with Crippen molar-refractivity contribution in [2.24, 2.45) is 5.92 Å². The van der Waals surface area contributed by atoms with Crippen molar-refractivity contribution < 1.29 is 19.1 Å². The first-order valence-electron chi connectivity index (χ1n) is 5.37. The first-order chi connectivity index (χ1) is 8.66. The lowest BCUT2D eigenvalue weighted by atomic mass is 10.0. The fraction of sp³-hybridized carbons (Fsp3) is 0.0714. The van der Waals surface area contributed by atoms with Gasteiger partial charge in [0.05, 0.1) is 0 Å². The van der Waals surface area contributed by atoms with Crippen LogP contribution in [0.5, 0.6) is 0 Å². The highest BCUT2D eigenvalue weighted by Crippen LogP contribution is 2.12. The van der Waals surface area contributed by atoms with Crippen molar-refractivity contribution in [1.29, 1.82) is 0 Å². The summed E-state index contributed by atoms with van der Waals surface area (Å²) in [6.45, 7) is 0. The molecule has 0 bridgehead atoms. The Morgan fingerprint density at radius 2 is 1.89 bits per heavy atom. The number of hydrogen-bond donors (Lipinski definition) is 0. The quantitative estimate of drug-likeness (QED) is 0.458. The summed E-state index contributed by atoms with van der Waals surface area (Å²) in [4.78, 5) is 33.8. The summed E-state index contributed by atoms with van der Waals surface area (Å²) in [6, 6.07) is 9.23. The van der Waals surface area contributed by atoms with E-state index in [0.29, 0.717) is 0 Å². The van der Waals surface area contributed by atoms with E-state index < -0.39 is 23.6 Å². The summed E-state index contributed by atoms with van der Waals surface area (Å²) < 4.78 is 4.35. The third kappa shape index (κ3) is 2.79. The summed E-state index contributed by atoms with van der Waals surface area (Å²) in [5.74, 6) is -3.00. The Morgan fingerprint density at radius 3 is 2.56 bits per heavy atom. The van der Waals surface area contributed by atoms with Gasteiger partial charge in [-0.15, -0.1) is 0 Å². The molecule has 1 aromatic carbocycles. The minimum Gasteiger partial charge on any atom is -0.389 e. The molecule has 18 heavy (non-hydrogen) atoms. The largest absolute Gasteiger partial charge is 0.389 e. The van der Waals surface area contributed by atoms with Crippen LogP contribution in [-0.4, -0.2) is 17.7 Å². The van der Waals surface area contributed by atoms with E-state index in [9.17, 15) is 14.4 Å². The predicted octanol–water partition coefficient (Wildman–Crippen LogP) is 1.52. The highest BCUT2D eigenvalue weighted by atomic mass is 16.6. The molecule has 1 unspecified atom stereocenters. The van der Waals surface area contributed by atoms with Gasteiger partial charge in [-0.05, 0) is 11.6 Å². The number of carbonyl (C=O) groups is 3. The van der Waals surface area contributed by atoms with Crippen molar-refractivity contribution in [1.82, 2.24) is 0 Å². The Balaban J connectivity index is 2.09. The Kier molecular flexibility index (Phi) is 3.48. The summed E-state index contributed by atoms with van der Waals surface area (Å²) in [7, 11) is 0. The molecular weight excluding hydrogens is 232 g/mol. The number of benzene rings is 1. The molecule has 90 valence electrons. The fourth-order valence-corrected chi connectivity index (χ4v) is 1.51. The zero-order valence-corrected chi connectivity index (χ0v) is 9.41. The second-order valence-corrected chi connectivity index (χ2v) is 3.72. The van der Waals surface area contributed by atoms with Crippen LogP contribution in [0.2, 0.25) is 0 Å². The van der Waals surface area contributed by atoms with Gasteiger partial charge in [0.25, 0.3) is 0 Å². The molecule has 0 fully saturated rings. The van der Waals surface area contributed by atoms with Crippen molar-refractivity contribution in [3.8, 4) is 0 Å². The van der Waals surface area contributed by atoms with E-state index in [1.807, 2.05) is 30.3 Å². The topological polar surface area (TPSA) is 60.4 Å². The number of allylic oxidation sites excluding steroid dienone is 1. The Bertz CT molecular complexity index is 540. The predicted molar refractivity (Wildman–Crippen MR) is 64.2 cm³/mol. The summed E-state index contributed by atoms with van der Waals surface area (Å²) in [6.07, 6.45) is 5.26. The number of cyclic esters (lactones) is 2. The van der Waals surface area contributed by atoms with Gasteiger partial charge >= 0.3 is 11.9 Å². The molecule has 0 aliphatic carbocycles. The minimum atomic E-state index is -1.03. The zero-order chi connectivity index (χ0) is 13.0. The lowest BCUT2D eigenvalue weighted by Crippen LogP contribution is -2.28. The van der Waals surface area contributed by atoms with Crippen LogP contribution in [0.3, 0.4) is 0 Å². The number of ketones is 1. The fourth-order valence-electron chi connectivity index (χ4n) is 1.51. The molecule has 1 aliphatic rings. The molecule has 2 rings (SSSR count). The van der Waals surface area contributed by atoms with Gasteiger partial charge in [0.1, 0.15) is 5.92 Å². The Hall–Kier alpha value is -2.49. The Labute approximate surface area is 104 Å². The molecule has 0 aromatic heterocycles. The van der Waals surface area contributed by atoms with Gasteiger partial charge in [-0.1, -0.05) is 42.5 Å². The maximum absolute atomic E-state index is 11.7. The van der Waals surface area contributed by atoms with E-state index in [4.69, 9.17) is 0 Å². The molecule has 1 aromatic rings. The first-order valence-corrected chi connectivity index (χ1v) is 5.37. The van der Waals surface area contributed by atoms with Gasteiger partial charge in [0.15, 0.2) is 5.78 Å². The van der Waals surface area contributed by atoms with Crippen LogP contribution < -0.4 is 0 Å². The van der Waals surface area contributed by atoms with Crippen LogP contribution in [-0.2, 0) is 19.1 Å². The monoisotopic (exact) mass is 242 g/mol. The van der Waals surface area contributed by atoms with Gasteiger partial charge in [-0.3, -0.25) is 9.59 Å². The zero-order valence-electron chi connectivity index (χ0n) is 9.41. The molecule has 0 amide bonds. The minimum absolute atomic E-state index is 0.410. The number of carbonyl (C=O) groups excluding carboxylic acids is 3. The van der Waals surface area contributed by atoms with E-state index in [2.05, 4.69) is 4.74 Å². The maximum Gasteiger partial charge on any atom is 0.338 e. The summed E-state index contributed by atoms with van der Waals surface area (Å²) in [5.41, 5.74) is 0.857. The van der Waals surface area contributed by atoms with E-state index in [1.54, 1.807) is 6.08 Å². The van der Waals surface area contributed by atoms with Crippen LogP contribution in [0.15, 0.2) is 48.6 Å². The third-order valence-electron chi connectivity index (χ3n) is 2.43. The number of hydrogen-bond acceptors (Lipinski definition) is 4. The molecule has 0 N–H and O–H groups in total.